The number of rotatable bonds is 4. The van der Waals surface area contributed by atoms with Gasteiger partial charge in [0.25, 0.3) is 0 Å². The monoisotopic (exact) mass is 202 g/mol. The van der Waals surface area contributed by atoms with Crippen LogP contribution < -0.4 is 0 Å². The van der Waals surface area contributed by atoms with Crippen molar-refractivity contribution in [3.05, 3.63) is 0 Å². The summed E-state index contributed by atoms with van der Waals surface area (Å²) in [5, 5.41) is 8.41. The topological polar surface area (TPSA) is 53.0 Å². The van der Waals surface area contributed by atoms with Crippen LogP contribution in [0.5, 0.6) is 0 Å². The second-order valence-electron chi connectivity index (χ2n) is 3.81. The van der Waals surface area contributed by atoms with Crippen molar-refractivity contribution in [2.24, 2.45) is 0 Å². The van der Waals surface area contributed by atoms with E-state index in [2.05, 4.69) is 16.8 Å². The number of hydrogen-bond acceptors (Lipinski definition) is 4. The summed E-state index contributed by atoms with van der Waals surface area (Å²) in [7, 11) is 4.11. The minimum atomic E-state index is -0.906. The molecule has 1 saturated heterocycles. The summed E-state index contributed by atoms with van der Waals surface area (Å²) in [6.07, 6.45) is 0. The van der Waals surface area contributed by atoms with Crippen molar-refractivity contribution >= 4 is 5.97 Å². The first kappa shape index (κ1) is 11.4. The Morgan fingerprint density at radius 2 is 2.21 bits per heavy atom. The van der Waals surface area contributed by atoms with Crippen LogP contribution in [-0.4, -0.2) is 73.9 Å². The lowest BCUT2D eigenvalue weighted by Crippen LogP contribution is -2.52. The summed E-state index contributed by atoms with van der Waals surface area (Å²) < 4.78 is 5.09. The van der Waals surface area contributed by atoms with Crippen molar-refractivity contribution in [2.75, 3.05) is 46.9 Å². The van der Waals surface area contributed by atoms with Gasteiger partial charge >= 0.3 is 5.97 Å². The van der Waals surface area contributed by atoms with Crippen LogP contribution in [0.1, 0.15) is 0 Å². The second-order valence-corrected chi connectivity index (χ2v) is 3.81. The zero-order valence-corrected chi connectivity index (χ0v) is 8.77. The van der Waals surface area contributed by atoms with Gasteiger partial charge in [0, 0.05) is 25.7 Å². The fourth-order valence-corrected chi connectivity index (χ4v) is 1.56. The van der Waals surface area contributed by atoms with Gasteiger partial charge in [-0.2, -0.15) is 0 Å². The van der Waals surface area contributed by atoms with E-state index in [0.717, 1.165) is 19.6 Å². The molecule has 1 heterocycles. The maximum Gasteiger partial charge on any atom is 0.329 e. The molecule has 1 aliphatic heterocycles. The number of carbonyl (C=O) groups is 1. The molecule has 1 N–H and O–H groups in total. The third kappa shape index (κ3) is 3.61. The number of nitrogens with zero attached hydrogens (tertiary/aromatic N) is 2. The number of ether oxygens (including phenoxy) is 1. The molecule has 0 spiro atoms. The molecular weight excluding hydrogens is 184 g/mol. The van der Waals surface area contributed by atoms with Gasteiger partial charge in [0.05, 0.1) is 6.61 Å². The van der Waals surface area contributed by atoms with Gasteiger partial charge in [-0.15, -0.1) is 0 Å². The highest BCUT2D eigenvalue weighted by Gasteiger charge is 2.22. The summed E-state index contributed by atoms with van der Waals surface area (Å²) in [6.45, 7) is 3.31. The van der Waals surface area contributed by atoms with Crippen molar-refractivity contribution in [1.29, 1.82) is 0 Å². The van der Waals surface area contributed by atoms with Crippen molar-refractivity contribution in [2.45, 2.75) is 6.04 Å². The van der Waals surface area contributed by atoms with E-state index in [1.807, 2.05) is 7.05 Å². The Balaban J connectivity index is 2.24. The van der Waals surface area contributed by atoms with E-state index < -0.39 is 5.97 Å². The Kier molecular flexibility index (Phi) is 4.31. The number of piperazine rings is 1. The molecular formula is C9H18N2O3. The minimum absolute atomic E-state index is 0.200. The van der Waals surface area contributed by atoms with E-state index in [1.54, 1.807) is 0 Å². The molecule has 82 valence electrons. The Morgan fingerprint density at radius 3 is 2.86 bits per heavy atom. The SMILES string of the molecule is CN1CCN(C)C(COCC(=O)O)C1. The van der Waals surface area contributed by atoms with Crippen LogP contribution in [0.4, 0.5) is 0 Å². The molecule has 1 rings (SSSR count). The van der Waals surface area contributed by atoms with Crippen molar-refractivity contribution in [3.8, 4) is 0 Å². The highest BCUT2D eigenvalue weighted by Crippen LogP contribution is 2.05. The summed E-state index contributed by atoms with van der Waals surface area (Å²) in [4.78, 5) is 14.7. The van der Waals surface area contributed by atoms with Gasteiger partial charge in [-0.05, 0) is 14.1 Å². The van der Waals surface area contributed by atoms with E-state index in [1.165, 1.54) is 0 Å². The molecule has 1 atom stereocenters. The predicted octanol–water partition coefficient (Wildman–Crippen LogP) is -0.667. The second kappa shape index (κ2) is 5.29. The molecule has 5 heteroatoms. The van der Waals surface area contributed by atoms with Gasteiger partial charge in [0.1, 0.15) is 6.61 Å². The van der Waals surface area contributed by atoms with Crippen molar-refractivity contribution in [3.63, 3.8) is 0 Å². The van der Waals surface area contributed by atoms with Crippen LogP contribution >= 0.6 is 0 Å². The first-order valence-corrected chi connectivity index (χ1v) is 4.78. The van der Waals surface area contributed by atoms with Crippen molar-refractivity contribution in [1.82, 2.24) is 9.80 Å². The Bertz CT molecular complexity index is 198. The van der Waals surface area contributed by atoms with E-state index in [-0.39, 0.29) is 6.61 Å². The first-order valence-electron chi connectivity index (χ1n) is 4.78. The summed E-state index contributed by atoms with van der Waals surface area (Å²) in [5.74, 6) is -0.906. The number of aliphatic carboxylic acids is 1. The summed E-state index contributed by atoms with van der Waals surface area (Å²) in [5.41, 5.74) is 0. The third-order valence-electron chi connectivity index (χ3n) is 2.52. The predicted molar refractivity (Wildman–Crippen MR) is 52.4 cm³/mol. The van der Waals surface area contributed by atoms with E-state index >= 15 is 0 Å². The lowest BCUT2D eigenvalue weighted by molar-refractivity contribution is -0.143. The molecule has 1 aliphatic rings. The van der Waals surface area contributed by atoms with Crippen LogP contribution in [0.2, 0.25) is 0 Å². The average molecular weight is 202 g/mol. The number of likely N-dealkylation sites (N-methyl/N-ethyl adjacent to an activating group) is 2. The number of carboxylic acids is 1. The van der Waals surface area contributed by atoms with Gasteiger partial charge in [-0.25, -0.2) is 4.79 Å². The van der Waals surface area contributed by atoms with Crippen molar-refractivity contribution < 1.29 is 14.6 Å². The third-order valence-corrected chi connectivity index (χ3v) is 2.52. The Labute approximate surface area is 84.2 Å². The highest BCUT2D eigenvalue weighted by atomic mass is 16.5. The van der Waals surface area contributed by atoms with Gasteiger partial charge in [-0.1, -0.05) is 0 Å². The van der Waals surface area contributed by atoms with Crippen LogP contribution in [0, 0.1) is 0 Å². The lowest BCUT2D eigenvalue weighted by atomic mass is 10.2. The van der Waals surface area contributed by atoms with Crippen LogP contribution in [0.3, 0.4) is 0 Å². The van der Waals surface area contributed by atoms with Gasteiger partial charge in [0.2, 0.25) is 0 Å². The molecule has 0 aromatic rings. The first-order chi connectivity index (χ1) is 6.59. The molecule has 5 nitrogen and oxygen atoms in total. The van der Waals surface area contributed by atoms with E-state index in [9.17, 15) is 4.79 Å². The Morgan fingerprint density at radius 1 is 1.50 bits per heavy atom. The summed E-state index contributed by atoms with van der Waals surface area (Å²) in [6, 6.07) is 0.313. The maximum absolute atomic E-state index is 10.2. The fourth-order valence-electron chi connectivity index (χ4n) is 1.56. The molecule has 0 aromatic carbocycles. The number of hydrogen-bond donors (Lipinski definition) is 1. The van der Waals surface area contributed by atoms with Crippen LogP contribution in [0.25, 0.3) is 0 Å². The smallest absolute Gasteiger partial charge is 0.329 e. The zero-order valence-electron chi connectivity index (χ0n) is 8.77. The van der Waals surface area contributed by atoms with Gasteiger partial charge < -0.3 is 14.7 Å². The molecule has 0 amide bonds. The highest BCUT2D eigenvalue weighted by molar-refractivity contribution is 5.67. The molecule has 0 saturated carbocycles. The maximum atomic E-state index is 10.2. The molecule has 0 aromatic heterocycles. The van der Waals surface area contributed by atoms with E-state index in [0.29, 0.717) is 12.6 Å². The zero-order chi connectivity index (χ0) is 10.6. The normalized spacial score (nSPS) is 25.1. The van der Waals surface area contributed by atoms with E-state index in [4.69, 9.17) is 9.84 Å². The van der Waals surface area contributed by atoms with Gasteiger partial charge in [-0.3, -0.25) is 4.90 Å². The molecule has 1 unspecified atom stereocenters. The molecule has 0 aliphatic carbocycles. The number of carboxylic acid groups (broad SMARTS) is 1. The van der Waals surface area contributed by atoms with Gasteiger partial charge in [0.15, 0.2) is 0 Å². The quantitative estimate of drug-likeness (QED) is 0.655. The average Bonchev–Trinajstić information content (AvgIpc) is 2.10. The lowest BCUT2D eigenvalue weighted by Gasteiger charge is -2.37. The minimum Gasteiger partial charge on any atom is -0.480 e. The summed E-state index contributed by atoms with van der Waals surface area (Å²) >= 11 is 0. The Hall–Kier alpha value is -0.650. The molecule has 1 fully saturated rings. The largest absolute Gasteiger partial charge is 0.480 e. The van der Waals surface area contributed by atoms with Crippen LogP contribution in [-0.2, 0) is 9.53 Å². The van der Waals surface area contributed by atoms with Crippen LogP contribution in [0.15, 0.2) is 0 Å². The fraction of sp³-hybridized carbons (Fsp3) is 0.889. The molecule has 0 bridgehead atoms. The molecule has 14 heavy (non-hydrogen) atoms. The molecule has 0 radical (unpaired) electrons. The standard InChI is InChI=1S/C9H18N2O3/c1-10-3-4-11(2)8(5-10)6-14-7-9(12)13/h8H,3-7H2,1-2H3,(H,12,13).